The predicted octanol–water partition coefficient (Wildman–Crippen LogP) is 2.10. The fourth-order valence-electron chi connectivity index (χ4n) is 1.62. The zero-order valence-corrected chi connectivity index (χ0v) is 10.4. The van der Waals surface area contributed by atoms with Gasteiger partial charge in [-0.25, -0.2) is 4.98 Å². The van der Waals surface area contributed by atoms with Gasteiger partial charge in [0, 0.05) is 19.0 Å². The fourth-order valence-corrected chi connectivity index (χ4v) is 1.82. The number of rotatable bonds is 3. The Labute approximate surface area is 99.8 Å². The Hall–Kier alpha value is -1.29. The van der Waals surface area contributed by atoms with Crippen LogP contribution in [0.3, 0.4) is 0 Å². The minimum absolute atomic E-state index is 0.260. The lowest BCUT2D eigenvalue weighted by Crippen LogP contribution is -2.31. The molecule has 0 aromatic carbocycles. The number of fused-ring (bicyclic) bond motifs is 1. The van der Waals surface area contributed by atoms with Gasteiger partial charge in [0.2, 0.25) is 0 Å². The number of hydrogen-bond acceptors (Lipinski definition) is 3. The highest BCUT2D eigenvalue weighted by atomic mass is 35.5. The van der Waals surface area contributed by atoms with E-state index in [-0.39, 0.29) is 6.04 Å². The smallest absolute Gasteiger partial charge is 0.157 e. The van der Waals surface area contributed by atoms with Crippen LogP contribution in [0.1, 0.15) is 12.5 Å². The van der Waals surface area contributed by atoms with Gasteiger partial charge in [-0.05, 0) is 31.5 Å². The van der Waals surface area contributed by atoms with E-state index in [2.05, 4.69) is 34.9 Å². The summed E-state index contributed by atoms with van der Waals surface area (Å²) < 4.78 is 1.83. The molecule has 0 fully saturated rings. The molecule has 0 radical (unpaired) electrons. The molecule has 0 aliphatic heterocycles. The first-order chi connectivity index (χ1) is 7.63. The Morgan fingerprint density at radius 2 is 2.25 bits per heavy atom. The van der Waals surface area contributed by atoms with Gasteiger partial charge in [0.25, 0.3) is 0 Å². The topological polar surface area (TPSA) is 33.4 Å². The average Bonchev–Trinajstić information content (AvgIpc) is 2.73. The Morgan fingerprint density at radius 1 is 1.50 bits per heavy atom. The molecule has 0 saturated carbocycles. The minimum atomic E-state index is 0.260. The van der Waals surface area contributed by atoms with Crippen LogP contribution >= 0.6 is 11.6 Å². The van der Waals surface area contributed by atoms with E-state index in [1.165, 1.54) is 5.56 Å². The van der Waals surface area contributed by atoms with Crippen LogP contribution < -0.4 is 4.90 Å². The Kier molecular flexibility index (Phi) is 3.01. The number of alkyl halides is 1. The number of nitrogens with zero attached hydrogens (tertiary/aromatic N) is 4. The molecule has 4 nitrogen and oxygen atoms in total. The van der Waals surface area contributed by atoms with E-state index >= 15 is 0 Å². The average molecular weight is 239 g/mol. The van der Waals surface area contributed by atoms with Crippen LogP contribution in [0.25, 0.3) is 5.65 Å². The maximum absolute atomic E-state index is 5.87. The molecule has 1 atom stereocenters. The van der Waals surface area contributed by atoms with Crippen molar-refractivity contribution in [3.05, 3.63) is 24.0 Å². The second-order valence-corrected chi connectivity index (χ2v) is 4.34. The van der Waals surface area contributed by atoms with Crippen LogP contribution in [0.4, 0.5) is 5.82 Å². The van der Waals surface area contributed by atoms with E-state index in [0.29, 0.717) is 5.88 Å². The third-order valence-electron chi connectivity index (χ3n) is 2.75. The SMILES string of the molecule is Cc1cc(N(C)C(C)CCl)n2ncnc2c1. The highest BCUT2D eigenvalue weighted by Crippen LogP contribution is 2.18. The summed E-state index contributed by atoms with van der Waals surface area (Å²) in [7, 11) is 2.02. The molecule has 2 aromatic rings. The predicted molar refractivity (Wildman–Crippen MR) is 66.3 cm³/mol. The monoisotopic (exact) mass is 238 g/mol. The van der Waals surface area contributed by atoms with E-state index in [1.807, 2.05) is 17.6 Å². The number of aromatic nitrogens is 3. The number of hydrogen-bond donors (Lipinski definition) is 0. The molecular formula is C11H15ClN4. The van der Waals surface area contributed by atoms with Gasteiger partial charge in [0.1, 0.15) is 12.1 Å². The maximum atomic E-state index is 5.87. The van der Waals surface area contributed by atoms with Crippen molar-refractivity contribution in [3.63, 3.8) is 0 Å². The summed E-state index contributed by atoms with van der Waals surface area (Å²) in [5.41, 5.74) is 2.03. The number of pyridine rings is 1. The zero-order valence-electron chi connectivity index (χ0n) is 9.68. The van der Waals surface area contributed by atoms with Crippen LogP contribution in [-0.4, -0.2) is 33.6 Å². The molecule has 0 spiro atoms. The molecule has 86 valence electrons. The molecule has 0 N–H and O–H groups in total. The summed E-state index contributed by atoms with van der Waals surface area (Å²) in [5.74, 6) is 1.60. The van der Waals surface area contributed by atoms with Crippen molar-refractivity contribution >= 4 is 23.1 Å². The molecule has 0 aliphatic carbocycles. The molecule has 16 heavy (non-hydrogen) atoms. The molecule has 0 saturated heterocycles. The van der Waals surface area contributed by atoms with Crippen molar-refractivity contribution in [2.75, 3.05) is 17.8 Å². The van der Waals surface area contributed by atoms with Gasteiger partial charge in [-0.2, -0.15) is 9.61 Å². The minimum Gasteiger partial charge on any atom is -0.356 e. The van der Waals surface area contributed by atoms with E-state index in [0.717, 1.165) is 11.5 Å². The van der Waals surface area contributed by atoms with Gasteiger partial charge in [0.05, 0.1) is 0 Å². The summed E-state index contributed by atoms with van der Waals surface area (Å²) >= 11 is 5.87. The molecule has 5 heteroatoms. The van der Waals surface area contributed by atoms with Crippen molar-refractivity contribution in [1.29, 1.82) is 0 Å². The quantitative estimate of drug-likeness (QED) is 0.768. The lowest BCUT2D eigenvalue weighted by molar-refractivity contribution is 0.730. The second-order valence-electron chi connectivity index (χ2n) is 4.04. The molecule has 1 unspecified atom stereocenters. The van der Waals surface area contributed by atoms with Crippen LogP contribution in [0, 0.1) is 6.92 Å². The van der Waals surface area contributed by atoms with Crippen molar-refractivity contribution < 1.29 is 0 Å². The van der Waals surface area contributed by atoms with E-state index in [9.17, 15) is 0 Å². The maximum Gasteiger partial charge on any atom is 0.157 e. The zero-order chi connectivity index (χ0) is 11.7. The third kappa shape index (κ3) is 1.85. The highest BCUT2D eigenvalue weighted by molar-refractivity contribution is 6.18. The van der Waals surface area contributed by atoms with Gasteiger partial charge in [-0.1, -0.05) is 0 Å². The Morgan fingerprint density at radius 3 is 2.94 bits per heavy atom. The standard InChI is InChI=1S/C11H15ClN4/c1-8-4-10-13-7-14-16(10)11(5-8)15(3)9(2)6-12/h4-5,7,9H,6H2,1-3H3. The van der Waals surface area contributed by atoms with Gasteiger partial charge >= 0.3 is 0 Å². The van der Waals surface area contributed by atoms with Crippen LogP contribution in [-0.2, 0) is 0 Å². The number of halogens is 1. The largest absolute Gasteiger partial charge is 0.356 e. The summed E-state index contributed by atoms with van der Waals surface area (Å²) in [6.07, 6.45) is 1.57. The van der Waals surface area contributed by atoms with Crippen molar-refractivity contribution in [2.45, 2.75) is 19.9 Å². The van der Waals surface area contributed by atoms with Crippen LogP contribution in [0.15, 0.2) is 18.5 Å². The third-order valence-corrected chi connectivity index (χ3v) is 3.20. The summed E-state index contributed by atoms with van der Waals surface area (Å²) in [6.45, 7) is 4.13. The normalized spacial score (nSPS) is 13.0. The molecule has 2 aromatic heterocycles. The second kappa shape index (κ2) is 4.29. The highest BCUT2D eigenvalue weighted by Gasteiger charge is 2.13. The van der Waals surface area contributed by atoms with Gasteiger partial charge < -0.3 is 4.90 Å². The first kappa shape index (κ1) is 11.2. The fraction of sp³-hybridized carbons (Fsp3) is 0.455. The summed E-state index contributed by atoms with van der Waals surface area (Å²) in [6, 6.07) is 4.36. The van der Waals surface area contributed by atoms with Crippen LogP contribution in [0.2, 0.25) is 0 Å². The number of anilines is 1. The molecule has 2 heterocycles. The lowest BCUT2D eigenvalue weighted by Gasteiger charge is -2.25. The van der Waals surface area contributed by atoms with Crippen molar-refractivity contribution in [3.8, 4) is 0 Å². The Balaban J connectivity index is 2.53. The van der Waals surface area contributed by atoms with E-state index in [1.54, 1.807) is 6.33 Å². The summed E-state index contributed by atoms with van der Waals surface area (Å²) in [5, 5.41) is 4.22. The molecule has 2 rings (SSSR count). The number of aryl methyl sites for hydroxylation is 1. The first-order valence-electron chi connectivity index (χ1n) is 5.22. The van der Waals surface area contributed by atoms with Gasteiger partial charge in [-0.3, -0.25) is 0 Å². The molecular weight excluding hydrogens is 224 g/mol. The Bertz CT molecular complexity index is 494. The lowest BCUT2D eigenvalue weighted by atomic mass is 10.2. The molecule has 0 aliphatic rings. The van der Waals surface area contributed by atoms with Crippen molar-refractivity contribution in [1.82, 2.24) is 14.6 Å². The van der Waals surface area contributed by atoms with Gasteiger partial charge in [-0.15, -0.1) is 11.6 Å². The summed E-state index contributed by atoms with van der Waals surface area (Å²) in [4.78, 5) is 6.31. The van der Waals surface area contributed by atoms with Gasteiger partial charge in [0.15, 0.2) is 5.65 Å². The molecule has 0 amide bonds. The first-order valence-corrected chi connectivity index (χ1v) is 5.76. The van der Waals surface area contributed by atoms with E-state index < -0.39 is 0 Å². The van der Waals surface area contributed by atoms with E-state index in [4.69, 9.17) is 11.6 Å². The van der Waals surface area contributed by atoms with Crippen molar-refractivity contribution in [2.24, 2.45) is 0 Å². The van der Waals surface area contributed by atoms with Crippen LogP contribution in [0.5, 0.6) is 0 Å². The molecule has 0 bridgehead atoms.